The summed E-state index contributed by atoms with van der Waals surface area (Å²) in [5.41, 5.74) is 0. The Morgan fingerprint density at radius 3 is 2.55 bits per heavy atom. The molecule has 1 amide bonds. The number of ether oxygens (including phenoxy) is 2. The van der Waals surface area contributed by atoms with Crippen LogP contribution < -0.4 is 5.32 Å². The molecular formula is C15H24N2O5. The average molecular weight is 312 g/mol. The van der Waals surface area contributed by atoms with Crippen molar-refractivity contribution in [2.24, 2.45) is 5.92 Å². The van der Waals surface area contributed by atoms with E-state index in [2.05, 4.69) is 5.32 Å². The fourth-order valence-corrected chi connectivity index (χ4v) is 1.76. The molecule has 0 unspecified atom stereocenters. The molecule has 124 valence electrons. The highest BCUT2D eigenvalue weighted by atomic mass is 16.5. The van der Waals surface area contributed by atoms with E-state index in [4.69, 9.17) is 14.9 Å². The van der Waals surface area contributed by atoms with E-state index in [1.165, 1.54) is 0 Å². The summed E-state index contributed by atoms with van der Waals surface area (Å²) in [6, 6.07) is -0.900. The van der Waals surface area contributed by atoms with Gasteiger partial charge in [0.1, 0.15) is 12.6 Å². The molecule has 1 fully saturated rings. The van der Waals surface area contributed by atoms with E-state index in [9.17, 15) is 14.4 Å². The van der Waals surface area contributed by atoms with Crippen LogP contribution in [-0.2, 0) is 23.9 Å². The molecule has 7 nitrogen and oxygen atoms in total. The van der Waals surface area contributed by atoms with Crippen LogP contribution in [0.5, 0.6) is 0 Å². The number of nitrogens with one attached hydrogen (secondary N) is 2. The highest BCUT2D eigenvalue weighted by molar-refractivity contribution is 6.26. The minimum absolute atomic E-state index is 0.00454. The molecule has 0 aromatic heterocycles. The predicted octanol–water partition coefficient (Wildman–Crippen LogP) is 0.848. The zero-order chi connectivity index (χ0) is 16.5. The van der Waals surface area contributed by atoms with Crippen molar-refractivity contribution in [1.29, 1.82) is 5.41 Å². The van der Waals surface area contributed by atoms with Crippen LogP contribution >= 0.6 is 0 Å². The maximum Gasteiger partial charge on any atom is 0.328 e. The lowest BCUT2D eigenvalue weighted by Crippen LogP contribution is -2.44. The van der Waals surface area contributed by atoms with Gasteiger partial charge in [-0.15, -0.1) is 0 Å². The minimum Gasteiger partial charge on any atom is -0.461 e. The topological polar surface area (TPSA) is 106 Å². The monoisotopic (exact) mass is 312 g/mol. The predicted molar refractivity (Wildman–Crippen MR) is 79.7 cm³/mol. The molecule has 0 bridgehead atoms. The molecule has 1 aliphatic rings. The fourth-order valence-electron chi connectivity index (χ4n) is 1.76. The zero-order valence-electron chi connectivity index (χ0n) is 13.1. The number of carbonyl (C=O) groups excluding carboxylic acids is 3. The molecular weight excluding hydrogens is 288 g/mol. The lowest BCUT2D eigenvalue weighted by Gasteiger charge is -2.18. The summed E-state index contributed by atoms with van der Waals surface area (Å²) in [5, 5.41) is 9.38. The van der Waals surface area contributed by atoms with Gasteiger partial charge in [-0.25, -0.2) is 4.79 Å². The summed E-state index contributed by atoms with van der Waals surface area (Å²) in [5.74, 6) is -0.835. The second kappa shape index (κ2) is 9.30. The molecule has 0 spiro atoms. The van der Waals surface area contributed by atoms with Crippen molar-refractivity contribution in [3.63, 3.8) is 0 Å². The normalized spacial score (nSPS) is 15.2. The van der Waals surface area contributed by atoms with Crippen molar-refractivity contribution in [3.05, 3.63) is 0 Å². The summed E-state index contributed by atoms with van der Waals surface area (Å²) in [6.45, 7) is 3.86. The second-order valence-electron chi connectivity index (χ2n) is 5.71. The van der Waals surface area contributed by atoms with Gasteiger partial charge in [-0.2, -0.15) is 0 Å². The Balaban J connectivity index is 2.43. The van der Waals surface area contributed by atoms with E-state index in [-0.39, 0.29) is 25.6 Å². The number of hydrogen-bond acceptors (Lipinski definition) is 6. The van der Waals surface area contributed by atoms with Crippen LogP contribution in [0.4, 0.5) is 0 Å². The van der Waals surface area contributed by atoms with Gasteiger partial charge >= 0.3 is 5.97 Å². The van der Waals surface area contributed by atoms with Crippen molar-refractivity contribution < 1.29 is 23.9 Å². The van der Waals surface area contributed by atoms with Crippen LogP contribution in [0.1, 0.15) is 39.5 Å². The molecule has 1 saturated carbocycles. The van der Waals surface area contributed by atoms with Gasteiger partial charge in [0.25, 0.3) is 0 Å². The van der Waals surface area contributed by atoms with Crippen LogP contribution in [0, 0.1) is 11.3 Å². The van der Waals surface area contributed by atoms with Crippen molar-refractivity contribution in [2.75, 3.05) is 13.2 Å². The number of Topliss-reactive ketones (excluding diaryl/α,β-unsaturated/α-hetero) is 1. The van der Waals surface area contributed by atoms with Crippen molar-refractivity contribution in [3.8, 4) is 0 Å². The molecule has 2 N–H and O–H groups in total. The quantitative estimate of drug-likeness (QED) is 0.434. The highest BCUT2D eigenvalue weighted by Gasteiger charge is 2.25. The van der Waals surface area contributed by atoms with E-state index >= 15 is 0 Å². The van der Waals surface area contributed by atoms with E-state index in [0.29, 0.717) is 18.7 Å². The van der Waals surface area contributed by atoms with Gasteiger partial charge in [-0.3, -0.25) is 9.59 Å². The zero-order valence-corrected chi connectivity index (χ0v) is 13.1. The van der Waals surface area contributed by atoms with Gasteiger partial charge in [0.05, 0.1) is 18.9 Å². The number of rotatable bonds is 11. The summed E-state index contributed by atoms with van der Waals surface area (Å²) in [6.07, 6.45) is 2.77. The van der Waals surface area contributed by atoms with Gasteiger partial charge in [0.15, 0.2) is 5.78 Å². The molecule has 0 radical (unpaired) electrons. The SMILES string of the molecule is CC(C)OC(=O)[C@H](CCC(=O)C=N)NC(=O)COCC1CC1. The Morgan fingerprint density at radius 2 is 2.00 bits per heavy atom. The molecule has 1 aliphatic carbocycles. The Hall–Kier alpha value is -1.76. The van der Waals surface area contributed by atoms with Crippen LogP contribution in [0.2, 0.25) is 0 Å². The smallest absolute Gasteiger partial charge is 0.328 e. The second-order valence-corrected chi connectivity index (χ2v) is 5.71. The lowest BCUT2D eigenvalue weighted by atomic mass is 10.1. The standard InChI is InChI=1S/C15H24N2O5/c1-10(2)22-15(20)13(6-5-12(18)7-16)17-14(19)9-21-8-11-3-4-11/h7,10-11,13,16H,3-6,8-9H2,1-2H3,(H,17,19)/t13-/m0/s1. The van der Waals surface area contributed by atoms with Gasteiger partial charge in [-0.1, -0.05) is 0 Å². The molecule has 1 rings (SSSR count). The van der Waals surface area contributed by atoms with Gasteiger partial charge in [0.2, 0.25) is 5.91 Å². The first kappa shape index (κ1) is 18.3. The first-order chi connectivity index (χ1) is 10.4. The first-order valence-electron chi connectivity index (χ1n) is 7.53. The Kier molecular flexibility index (Phi) is 7.73. The first-order valence-corrected chi connectivity index (χ1v) is 7.53. The van der Waals surface area contributed by atoms with Gasteiger partial charge < -0.3 is 20.2 Å². The summed E-state index contributed by atoms with van der Waals surface area (Å²) in [7, 11) is 0. The third-order valence-electron chi connectivity index (χ3n) is 3.10. The van der Waals surface area contributed by atoms with Gasteiger partial charge in [-0.05, 0) is 39.0 Å². The Labute approximate surface area is 130 Å². The Morgan fingerprint density at radius 1 is 1.32 bits per heavy atom. The molecule has 22 heavy (non-hydrogen) atoms. The van der Waals surface area contributed by atoms with Crippen LogP contribution in [0.25, 0.3) is 0 Å². The van der Waals surface area contributed by atoms with Crippen LogP contribution in [-0.4, -0.2) is 49.2 Å². The summed E-state index contributed by atoms with van der Waals surface area (Å²) in [4.78, 5) is 34.9. The minimum atomic E-state index is -0.900. The largest absolute Gasteiger partial charge is 0.461 e. The molecule has 0 aromatic carbocycles. The number of hydrogen-bond donors (Lipinski definition) is 2. The molecule has 0 aliphatic heterocycles. The van der Waals surface area contributed by atoms with E-state index in [1.807, 2.05) is 0 Å². The van der Waals surface area contributed by atoms with E-state index < -0.39 is 23.7 Å². The molecule has 7 heteroatoms. The third kappa shape index (κ3) is 7.87. The third-order valence-corrected chi connectivity index (χ3v) is 3.10. The maximum absolute atomic E-state index is 11.9. The number of amides is 1. The molecule has 1 atom stereocenters. The highest BCUT2D eigenvalue weighted by Crippen LogP contribution is 2.28. The van der Waals surface area contributed by atoms with Crippen molar-refractivity contribution in [1.82, 2.24) is 5.32 Å². The maximum atomic E-state index is 11.9. The Bertz CT molecular complexity index is 418. The van der Waals surface area contributed by atoms with Crippen molar-refractivity contribution >= 4 is 23.9 Å². The average Bonchev–Trinajstić information content (AvgIpc) is 3.26. The molecule has 0 heterocycles. The fraction of sp³-hybridized carbons (Fsp3) is 0.733. The van der Waals surface area contributed by atoms with E-state index in [1.54, 1.807) is 13.8 Å². The molecule has 0 saturated heterocycles. The molecule has 0 aromatic rings. The summed E-state index contributed by atoms with van der Waals surface area (Å²) >= 11 is 0. The van der Waals surface area contributed by atoms with Crippen LogP contribution in [0.15, 0.2) is 0 Å². The van der Waals surface area contributed by atoms with Crippen LogP contribution in [0.3, 0.4) is 0 Å². The van der Waals surface area contributed by atoms with Crippen molar-refractivity contribution in [2.45, 2.75) is 51.7 Å². The lowest BCUT2D eigenvalue weighted by molar-refractivity contribution is -0.152. The number of esters is 1. The number of ketones is 1. The van der Waals surface area contributed by atoms with E-state index in [0.717, 1.165) is 12.8 Å². The van der Waals surface area contributed by atoms with Gasteiger partial charge in [0, 0.05) is 6.42 Å². The number of carbonyl (C=O) groups is 3. The summed E-state index contributed by atoms with van der Waals surface area (Å²) < 4.78 is 10.3.